The van der Waals surface area contributed by atoms with Gasteiger partial charge in [-0.05, 0) is 60.5 Å². The number of hydrogen-bond acceptors (Lipinski definition) is 3. The molecule has 0 saturated carbocycles. The summed E-state index contributed by atoms with van der Waals surface area (Å²) >= 11 is 11.9. The lowest BCUT2D eigenvalue weighted by Gasteiger charge is -2.08. The van der Waals surface area contributed by atoms with Crippen molar-refractivity contribution in [3.63, 3.8) is 0 Å². The zero-order valence-corrected chi connectivity index (χ0v) is 17.7. The van der Waals surface area contributed by atoms with Crippen LogP contribution in [0.5, 0.6) is 5.75 Å². The van der Waals surface area contributed by atoms with Gasteiger partial charge in [0.05, 0.1) is 10.0 Å². The number of nitriles is 1. The van der Waals surface area contributed by atoms with Crippen LogP contribution in [0, 0.1) is 18.3 Å². The Balaban J connectivity index is 1.64. The van der Waals surface area contributed by atoms with Crippen LogP contribution in [0.4, 0.5) is 5.69 Å². The van der Waals surface area contributed by atoms with Crippen LogP contribution in [0.2, 0.25) is 10.0 Å². The molecule has 0 aliphatic rings. The quantitative estimate of drug-likeness (QED) is 0.357. The van der Waals surface area contributed by atoms with Gasteiger partial charge in [0.1, 0.15) is 24.0 Å². The van der Waals surface area contributed by atoms with Crippen LogP contribution in [-0.4, -0.2) is 5.91 Å². The van der Waals surface area contributed by atoms with E-state index in [4.69, 9.17) is 27.9 Å². The van der Waals surface area contributed by atoms with Crippen molar-refractivity contribution in [2.24, 2.45) is 0 Å². The van der Waals surface area contributed by atoms with E-state index in [1.165, 1.54) is 6.08 Å². The molecule has 30 heavy (non-hydrogen) atoms. The molecule has 0 spiro atoms. The number of aryl methyl sites for hydroxylation is 1. The van der Waals surface area contributed by atoms with Crippen LogP contribution in [0.3, 0.4) is 0 Å². The van der Waals surface area contributed by atoms with Gasteiger partial charge in [-0.1, -0.05) is 59.1 Å². The van der Waals surface area contributed by atoms with Crippen molar-refractivity contribution in [2.75, 3.05) is 5.32 Å². The minimum atomic E-state index is -0.457. The topological polar surface area (TPSA) is 62.1 Å². The summed E-state index contributed by atoms with van der Waals surface area (Å²) < 4.78 is 5.74. The van der Waals surface area contributed by atoms with Gasteiger partial charge in [-0.15, -0.1) is 0 Å². The van der Waals surface area contributed by atoms with E-state index in [0.717, 1.165) is 11.1 Å². The van der Waals surface area contributed by atoms with E-state index in [2.05, 4.69) is 5.32 Å². The van der Waals surface area contributed by atoms with Gasteiger partial charge in [0.2, 0.25) is 0 Å². The highest BCUT2D eigenvalue weighted by Gasteiger charge is 2.09. The highest BCUT2D eigenvalue weighted by atomic mass is 35.5. The Labute approximate surface area is 185 Å². The summed E-state index contributed by atoms with van der Waals surface area (Å²) in [7, 11) is 0. The third-order valence-corrected chi connectivity index (χ3v) is 4.99. The predicted molar refractivity (Wildman–Crippen MR) is 121 cm³/mol. The van der Waals surface area contributed by atoms with E-state index < -0.39 is 5.91 Å². The van der Waals surface area contributed by atoms with Crippen molar-refractivity contribution in [2.45, 2.75) is 13.5 Å². The number of anilines is 1. The van der Waals surface area contributed by atoms with E-state index in [1.807, 2.05) is 31.2 Å². The Kier molecular flexibility index (Phi) is 7.13. The van der Waals surface area contributed by atoms with E-state index >= 15 is 0 Å². The Hall–Kier alpha value is -3.26. The van der Waals surface area contributed by atoms with Crippen molar-refractivity contribution >= 4 is 40.9 Å². The summed E-state index contributed by atoms with van der Waals surface area (Å²) in [6.45, 7) is 2.30. The zero-order chi connectivity index (χ0) is 21.5. The van der Waals surface area contributed by atoms with Gasteiger partial charge in [-0.2, -0.15) is 5.26 Å². The smallest absolute Gasteiger partial charge is 0.266 e. The van der Waals surface area contributed by atoms with E-state index in [-0.39, 0.29) is 5.57 Å². The van der Waals surface area contributed by atoms with Crippen molar-refractivity contribution in [1.82, 2.24) is 0 Å². The van der Waals surface area contributed by atoms with Crippen LogP contribution >= 0.6 is 23.2 Å². The zero-order valence-electron chi connectivity index (χ0n) is 16.2. The van der Waals surface area contributed by atoms with Crippen molar-refractivity contribution in [1.29, 1.82) is 5.26 Å². The van der Waals surface area contributed by atoms with Gasteiger partial charge in [-0.3, -0.25) is 4.79 Å². The average Bonchev–Trinajstić information content (AvgIpc) is 2.75. The van der Waals surface area contributed by atoms with Crippen molar-refractivity contribution in [3.05, 3.63) is 99.0 Å². The summed E-state index contributed by atoms with van der Waals surface area (Å²) in [5, 5.41) is 13.1. The number of carbonyl (C=O) groups excluding carboxylic acids is 1. The summed E-state index contributed by atoms with van der Waals surface area (Å²) in [5.74, 6) is 0.196. The van der Waals surface area contributed by atoms with Gasteiger partial charge < -0.3 is 10.1 Å². The van der Waals surface area contributed by atoms with Gasteiger partial charge >= 0.3 is 0 Å². The van der Waals surface area contributed by atoms with E-state index in [1.54, 1.807) is 48.5 Å². The van der Waals surface area contributed by atoms with E-state index in [9.17, 15) is 10.1 Å². The van der Waals surface area contributed by atoms with Gasteiger partial charge in [-0.25, -0.2) is 0 Å². The first-order chi connectivity index (χ1) is 14.4. The number of nitrogens with zero attached hydrogens (tertiary/aromatic N) is 1. The van der Waals surface area contributed by atoms with Crippen LogP contribution in [0.25, 0.3) is 6.08 Å². The van der Waals surface area contributed by atoms with Crippen LogP contribution < -0.4 is 10.1 Å². The molecule has 4 nitrogen and oxygen atoms in total. The monoisotopic (exact) mass is 436 g/mol. The molecule has 0 saturated heterocycles. The number of amides is 1. The molecule has 0 aliphatic carbocycles. The Morgan fingerprint density at radius 3 is 2.37 bits per heavy atom. The number of nitrogens with one attached hydrogen (secondary N) is 1. The first-order valence-corrected chi connectivity index (χ1v) is 9.87. The molecule has 0 aromatic heterocycles. The highest BCUT2D eigenvalue weighted by molar-refractivity contribution is 6.42. The van der Waals surface area contributed by atoms with Crippen LogP contribution in [-0.2, 0) is 11.4 Å². The number of ether oxygens (including phenoxy) is 1. The molecular formula is C24H18Cl2N2O2. The second-order valence-corrected chi connectivity index (χ2v) is 7.41. The lowest BCUT2D eigenvalue weighted by Crippen LogP contribution is -2.13. The Morgan fingerprint density at radius 1 is 1.03 bits per heavy atom. The first-order valence-electron chi connectivity index (χ1n) is 9.11. The third kappa shape index (κ3) is 5.87. The van der Waals surface area contributed by atoms with Gasteiger partial charge in [0.25, 0.3) is 5.91 Å². The lowest BCUT2D eigenvalue weighted by atomic mass is 10.1. The standard InChI is InChI=1S/C24H18Cl2N2O2/c1-16-2-7-20(8-3-16)28-24(29)19(14-27)12-17-4-9-21(10-5-17)30-15-18-6-11-22(25)23(26)13-18/h2-13H,15H2,1H3,(H,28,29)/b19-12+. The number of halogens is 2. The number of carbonyl (C=O) groups is 1. The molecule has 150 valence electrons. The molecule has 0 aliphatic heterocycles. The maximum atomic E-state index is 12.4. The maximum absolute atomic E-state index is 12.4. The minimum Gasteiger partial charge on any atom is -0.489 e. The summed E-state index contributed by atoms with van der Waals surface area (Å²) in [4.78, 5) is 12.4. The van der Waals surface area contributed by atoms with Crippen molar-refractivity contribution < 1.29 is 9.53 Å². The fourth-order valence-electron chi connectivity index (χ4n) is 2.61. The Bertz CT molecular complexity index is 1120. The number of benzene rings is 3. The molecule has 0 atom stereocenters. The molecule has 1 amide bonds. The molecule has 3 aromatic carbocycles. The van der Waals surface area contributed by atoms with Gasteiger partial charge in [0, 0.05) is 5.69 Å². The Morgan fingerprint density at radius 2 is 1.73 bits per heavy atom. The molecule has 0 fully saturated rings. The molecule has 0 unspecified atom stereocenters. The summed E-state index contributed by atoms with van der Waals surface area (Å²) in [5.41, 5.74) is 3.35. The maximum Gasteiger partial charge on any atom is 0.266 e. The molecule has 6 heteroatoms. The van der Waals surface area contributed by atoms with Gasteiger partial charge in [0.15, 0.2) is 0 Å². The fraction of sp³-hybridized carbons (Fsp3) is 0.0833. The second-order valence-electron chi connectivity index (χ2n) is 6.60. The molecule has 1 N–H and O–H groups in total. The normalized spacial score (nSPS) is 10.9. The SMILES string of the molecule is Cc1ccc(NC(=O)/C(C#N)=C/c2ccc(OCc3ccc(Cl)c(Cl)c3)cc2)cc1. The number of hydrogen-bond donors (Lipinski definition) is 1. The minimum absolute atomic E-state index is 0.0139. The molecule has 3 aromatic rings. The largest absolute Gasteiger partial charge is 0.489 e. The molecular weight excluding hydrogens is 419 g/mol. The molecule has 0 radical (unpaired) electrons. The molecule has 3 rings (SSSR count). The molecule has 0 bridgehead atoms. The predicted octanol–water partition coefficient (Wildman–Crippen LogP) is 6.43. The lowest BCUT2D eigenvalue weighted by molar-refractivity contribution is -0.112. The second kappa shape index (κ2) is 9.98. The molecule has 0 heterocycles. The first kappa shape index (κ1) is 21.4. The fourth-order valence-corrected chi connectivity index (χ4v) is 2.93. The highest BCUT2D eigenvalue weighted by Crippen LogP contribution is 2.24. The average molecular weight is 437 g/mol. The van der Waals surface area contributed by atoms with Crippen LogP contribution in [0.15, 0.2) is 72.3 Å². The third-order valence-electron chi connectivity index (χ3n) is 4.26. The van der Waals surface area contributed by atoms with Crippen LogP contribution in [0.1, 0.15) is 16.7 Å². The van der Waals surface area contributed by atoms with Crippen molar-refractivity contribution in [3.8, 4) is 11.8 Å². The summed E-state index contributed by atoms with van der Waals surface area (Å²) in [6, 6.07) is 21.7. The summed E-state index contributed by atoms with van der Waals surface area (Å²) in [6.07, 6.45) is 1.53. The number of rotatable bonds is 6. The van der Waals surface area contributed by atoms with E-state index in [0.29, 0.717) is 33.7 Å².